The molecule has 134 valence electrons. The largest absolute Gasteiger partial charge is 0.443 e. The van der Waals surface area contributed by atoms with Crippen molar-refractivity contribution in [1.29, 1.82) is 0 Å². The first-order chi connectivity index (χ1) is 10.3. The molecule has 0 radical (unpaired) electrons. The van der Waals surface area contributed by atoms with Crippen LogP contribution >= 0.6 is 0 Å². The topological polar surface area (TPSA) is 85.1 Å². The van der Waals surface area contributed by atoms with Crippen molar-refractivity contribution in [3.8, 4) is 0 Å². The van der Waals surface area contributed by atoms with Gasteiger partial charge in [-0.25, -0.2) is 24.8 Å². The SMILES string of the molecule is CC(C)(C)OC(=O)N(N)C1CCN(OC(=O)C(C)(C)C)CC1F. The summed E-state index contributed by atoms with van der Waals surface area (Å²) in [5.41, 5.74) is -1.37. The van der Waals surface area contributed by atoms with Gasteiger partial charge in [-0.15, -0.1) is 5.06 Å². The van der Waals surface area contributed by atoms with E-state index >= 15 is 0 Å². The van der Waals surface area contributed by atoms with Crippen molar-refractivity contribution in [2.75, 3.05) is 13.1 Å². The van der Waals surface area contributed by atoms with Crippen molar-refractivity contribution in [2.45, 2.75) is 65.8 Å². The van der Waals surface area contributed by atoms with Crippen molar-refractivity contribution >= 4 is 12.1 Å². The van der Waals surface area contributed by atoms with Crippen LogP contribution in [0.4, 0.5) is 9.18 Å². The lowest BCUT2D eigenvalue weighted by molar-refractivity contribution is -0.211. The number of hydrazine groups is 1. The Kier molecular flexibility index (Phi) is 5.98. The van der Waals surface area contributed by atoms with Crippen LogP contribution in [-0.2, 0) is 14.4 Å². The fraction of sp³-hybridized carbons (Fsp3) is 0.867. The van der Waals surface area contributed by atoms with Crippen LogP contribution in [0.5, 0.6) is 0 Å². The number of rotatable bonds is 2. The molecule has 2 atom stereocenters. The van der Waals surface area contributed by atoms with Gasteiger partial charge in [0.25, 0.3) is 0 Å². The Hall–Kier alpha value is -1.41. The standard InChI is InChI=1S/C15H28FN3O4/c1-14(2,3)12(20)23-18-8-7-11(10(16)9-18)19(17)13(21)22-15(4,5)6/h10-11H,7-9,17H2,1-6H3. The van der Waals surface area contributed by atoms with E-state index in [1.165, 1.54) is 5.06 Å². The molecule has 0 aliphatic carbocycles. The van der Waals surface area contributed by atoms with Crippen LogP contribution in [-0.4, -0.2) is 53.0 Å². The molecule has 2 N–H and O–H groups in total. The van der Waals surface area contributed by atoms with Gasteiger partial charge in [0.2, 0.25) is 0 Å². The average Bonchev–Trinajstić information content (AvgIpc) is 2.34. The van der Waals surface area contributed by atoms with Gasteiger partial charge in [-0.1, -0.05) is 0 Å². The van der Waals surface area contributed by atoms with Crippen LogP contribution in [0.25, 0.3) is 0 Å². The third-order valence-electron chi connectivity index (χ3n) is 3.26. The predicted octanol–water partition coefficient (Wildman–Crippen LogP) is 2.01. The molecule has 0 bridgehead atoms. The Bertz CT molecular complexity index is 445. The number of ether oxygens (including phenoxy) is 1. The Morgan fingerprint density at radius 1 is 1.22 bits per heavy atom. The first-order valence-electron chi connectivity index (χ1n) is 7.69. The van der Waals surface area contributed by atoms with Crippen LogP contribution < -0.4 is 5.84 Å². The van der Waals surface area contributed by atoms with E-state index in [0.717, 1.165) is 5.01 Å². The number of amides is 1. The summed E-state index contributed by atoms with van der Waals surface area (Å²) in [5.74, 6) is 5.27. The van der Waals surface area contributed by atoms with Gasteiger partial charge in [0.05, 0.1) is 18.0 Å². The van der Waals surface area contributed by atoms with E-state index in [1.807, 2.05) is 0 Å². The molecule has 1 aliphatic heterocycles. The van der Waals surface area contributed by atoms with E-state index in [0.29, 0.717) is 6.54 Å². The third kappa shape index (κ3) is 5.95. The fourth-order valence-electron chi connectivity index (χ4n) is 1.97. The zero-order valence-electron chi connectivity index (χ0n) is 14.8. The van der Waals surface area contributed by atoms with Gasteiger partial charge >= 0.3 is 12.1 Å². The summed E-state index contributed by atoms with van der Waals surface area (Å²) in [4.78, 5) is 28.9. The molecule has 0 aromatic rings. The summed E-state index contributed by atoms with van der Waals surface area (Å²) in [6.45, 7) is 10.4. The third-order valence-corrected chi connectivity index (χ3v) is 3.26. The average molecular weight is 333 g/mol. The number of alkyl halides is 1. The summed E-state index contributed by atoms with van der Waals surface area (Å²) in [6.07, 6.45) is -1.96. The molecule has 0 aromatic carbocycles. The number of hydroxylamine groups is 2. The second-order valence-corrected chi connectivity index (χ2v) is 7.78. The minimum Gasteiger partial charge on any atom is -0.443 e. The number of hydrogen-bond acceptors (Lipinski definition) is 6. The number of carbonyl (C=O) groups is 2. The van der Waals surface area contributed by atoms with Crippen molar-refractivity contribution in [1.82, 2.24) is 10.1 Å². The highest BCUT2D eigenvalue weighted by Gasteiger charge is 2.38. The molecule has 0 spiro atoms. The minimum atomic E-state index is -1.44. The molecule has 1 fully saturated rings. The van der Waals surface area contributed by atoms with Crippen LogP contribution in [0.15, 0.2) is 0 Å². The molecule has 0 saturated carbocycles. The second-order valence-electron chi connectivity index (χ2n) is 7.78. The van der Waals surface area contributed by atoms with Gasteiger partial charge < -0.3 is 9.57 Å². The van der Waals surface area contributed by atoms with E-state index in [4.69, 9.17) is 15.4 Å². The lowest BCUT2D eigenvalue weighted by Gasteiger charge is -2.38. The number of nitrogens with zero attached hydrogens (tertiary/aromatic N) is 2. The Balaban J connectivity index is 2.59. The molecule has 1 saturated heterocycles. The molecule has 1 rings (SSSR count). The molecular weight excluding hydrogens is 305 g/mol. The van der Waals surface area contributed by atoms with Gasteiger partial charge in [0.15, 0.2) is 0 Å². The maximum atomic E-state index is 14.3. The van der Waals surface area contributed by atoms with Crippen LogP contribution in [0.2, 0.25) is 0 Å². The predicted molar refractivity (Wildman–Crippen MR) is 82.7 cm³/mol. The second kappa shape index (κ2) is 7.00. The molecule has 8 heteroatoms. The van der Waals surface area contributed by atoms with Crippen LogP contribution in [0.1, 0.15) is 48.0 Å². The van der Waals surface area contributed by atoms with Gasteiger partial charge in [-0.3, -0.25) is 0 Å². The Morgan fingerprint density at radius 3 is 2.22 bits per heavy atom. The molecule has 7 nitrogen and oxygen atoms in total. The smallest absolute Gasteiger partial charge is 0.424 e. The molecular formula is C15H28FN3O4. The van der Waals surface area contributed by atoms with E-state index in [1.54, 1.807) is 41.5 Å². The number of hydrogen-bond donors (Lipinski definition) is 1. The summed E-state index contributed by atoms with van der Waals surface area (Å²) in [5, 5.41) is 2.07. The Labute approximate surface area is 136 Å². The molecule has 23 heavy (non-hydrogen) atoms. The lowest BCUT2D eigenvalue weighted by Crippen LogP contribution is -2.58. The van der Waals surface area contributed by atoms with Crippen LogP contribution in [0, 0.1) is 5.41 Å². The number of halogens is 1. The van der Waals surface area contributed by atoms with Gasteiger partial charge in [0.1, 0.15) is 11.8 Å². The Morgan fingerprint density at radius 2 is 1.78 bits per heavy atom. The fourth-order valence-corrected chi connectivity index (χ4v) is 1.97. The van der Waals surface area contributed by atoms with Gasteiger partial charge in [0, 0.05) is 6.54 Å². The normalized spacial score (nSPS) is 23.3. The summed E-state index contributed by atoms with van der Waals surface area (Å²) >= 11 is 0. The minimum absolute atomic E-state index is 0.136. The molecule has 1 amide bonds. The molecule has 1 aliphatic rings. The molecule has 0 aromatic heterocycles. The van der Waals surface area contributed by atoms with Gasteiger partial charge in [-0.2, -0.15) is 0 Å². The highest BCUT2D eigenvalue weighted by Crippen LogP contribution is 2.22. The molecule has 2 unspecified atom stereocenters. The van der Waals surface area contributed by atoms with Gasteiger partial charge in [-0.05, 0) is 48.0 Å². The maximum absolute atomic E-state index is 14.3. The highest BCUT2D eigenvalue weighted by atomic mass is 19.1. The number of carbonyl (C=O) groups excluding carboxylic acids is 2. The first-order valence-corrected chi connectivity index (χ1v) is 7.69. The maximum Gasteiger partial charge on any atom is 0.424 e. The van der Waals surface area contributed by atoms with Crippen molar-refractivity contribution in [3.05, 3.63) is 0 Å². The van der Waals surface area contributed by atoms with E-state index < -0.39 is 35.3 Å². The summed E-state index contributed by atoms with van der Waals surface area (Å²) < 4.78 is 19.5. The quantitative estimate of drug-likeness (QED) is 0.473. The van der Waals surface area contributed by atoms with E-state index in [2.05, 4.69) is 0 Å². The van der Waals surface area contributed by atoms with Crippen molar-refractivity contribution in [3.63, 3.8) is 0 Å². The molecule has 1 heterocycles. The lowest BCUT2D eigenvalue weighted by atomic mass is 9.97. The van der Waals surface area contributed by atoms with E-state index in [9.17, 15) is 14.0 Å². The van der Waals surface area contributed by atoms with Crippen molar-refractivity contribution in [2.24, 2.45) is 11.3 Å². The first kappa shape index (κ1) is 19.6. The summed E-state index contributed by atoms with van der Waals surface area (Å²) in [6, 6.07) is -0.811. The number of nitrogens with two attached hydrogens (primary N) is 1. The van der Waals surface area contributed by atoms with Crippen molar-refractivity contribution < 1.29 is 23.6 Å². The van der Waals surface area contributed by atoms with E-state index in [-0.39, 0.29) is 13.0 Å². The monoisotopic (exact) mass is 333 g/mol. The van der Waals surface area contributed by atoms with Crippen LogP contribution in [0.3, 0.4) is 0 Å². The zero-order valence-corrected chi connectivity index (χ0v) is 14.8. The number of piperidine rings is 1. The summed E-state index contributed by atoms with van der Waals surface area (Å²) in [7, 11) is 0. The highest BCUT2D eigenvalue weighted by molar-refractivity contribution is 5.75. The zero-order chi connectivity index (χ0) is 18.0.